The lowest BCUT2D eigenvalue weighted by Crippen LogP contribution is -2.04. The molecule has 2 aromatic heterocycles. The molecular formula is C15H17ClN4. The number of anilines is 1. The van der Waals surface area contributed by atoms with Crippen LogP contribution in [0.15, 0.2) is 29.9 Å². The van der Waals surface area contributed by atoms with E-state index in [2.05, 4.69) is 33.5 Å². The van der Waals surface area contributed by atoms with Gasteiger partial charge in [0.15, 0.2) is 0 Å². The average Bonchev–Trinajstić information content (AvgIpc) is 3.05. The lowest BCUT2D eigenvalue weighted by molar-refractivity contribution is 1.00. The van der Waals surface area contributed by atoms with Crippen LogP contribution in [0.2, 0.25) is 5.15 Å². The van der Waals surface area contributed by atoms with E-state index in [-0.39, 0.29) is 0 Å². The molecule has 5 heteroatoms. The summed E-state index contributed by atoms with van der Waals surface area (Å²) in [5, 5.41) is 3.92. The molecule has 0 aliphatic heterocycles. The van der Waals surface area contributed by atoms with Crippen LogP contribution in [-0.2, 0) is 6.54 Å². The molecule has 0 spiro atoms. The minimum Gasteiger partial charge on any atom is -0.379 e. The highest BCUT2D eigenvalue weighted by Gasteiger charge is 2.13. The second-order valence-electron chi connectivity index (χ2n) is 4.96. The summed E-state index contributed by atoms with van der Waals surface area (Å²) in [6.45, 7) is 3.28. The number of hydrogen-bond acceptors (Lipinski definition) is 3. The van der Waals surface area contributed by atoms with Gasteiger partial charge in [0, 0.05) is 24.8 Å². The highest BCUT2D eigenvalue weighted by Crippen LogP contribution is 2.29. The van der Waals surface area contributed by atoms with E-state index in [4.69, 9.17) is 17.3 Å². The first-order chi connectivity index (χ1) is 9.69. The molecule has 1 aliphatic carbocycles. The van der Waals surface area contributed by atoms with Crippen molar-refractivity contribution in [2.45, 2.75) is 19.9 Å². The molecule has 1 aliphatic rings. The Labute approximate surface area is 122 Å². The maximum absolute atomic E-state index is 6.12. The quantitative estimate of drug-likeness (QED) is 0.756. The van der Waals surface area contributed by atoms with Gasteiger partial charge in [-0.25, -0.2) is 4.98 Å². The van der Waals surface area contributed by atoms with Gasteiger partial charge in [-0.1, -0.05) is 29.8 Å². The van der Waals surface area contributed by atoms with Crippen molar-refractivity contribution >= 4 is 28.3 Å². The lowest BCUT2D eigenvalue weighted by Gasteiger charge is -2.09. The van der Waals surface area contributed by atoms with Crippen molar-refractivity contribution in [3.8, 4) is 0 Å². The largest absolute Gasteiger partial charge is 0.379 e. The van der Waals surface area contributed by atoms with E-state index in [1.54, 1.807) is 0 Å². The molecule has 0 atom stereocenters. The molecule has 104 valence electrons. The molecule has 0 amide bonds. The van der Waals surface area contributed by atoms with Crippen molar-refractivity contribution in [3.05, 3.63) is 46.3 Å². The zero-order valence-electron chi connectivity index (χ0n) is 11.3. The average molecular weight is 289 g/mol. The van der Waals surface area contributed by atoms with Crippen LogP contribution < -0.4 is 11.1 Å². The first-order valence-corrected chi connectivity index (χ1v) is 7.03. The number of aromatic nitrogens is 2. The summed E-state index contributed by atoms with van der Waals surface area (Å²) in [5.74, 6) is 0. The minimum absolute atomic E-state index is 0.467. The van der Waals surface area contributed by atoms with Gasteiger partial charge < -0.3 is 16.0 Å². The van der Waals surface area contributed by atoms with E-state index >= 15 is 0 Å². The van der Waals surface area contributed by atoms with Crippen LogP contribution in [0.4, 0.5) is 5.69 Å². The Morgan fingerprint density at radius 1 is 1.50 bits per heavy atom. The Morgan fingerprint density at radius 3 is 3.05 bits per heavy atom. The highest BCUT2D eigenvalue weighted by atomic mass is 35.5. The normalized spacial score (nSPS) is 14.1. The first kappa shape index (κ1) is 13.2. The van der Waals surface area contributed by atoms with Crippen LogP contribution >= 0.6 is 11.6 Å². The summed E-state index contributed by atoms with van der Waals surface area (Å²) in [6.07, 6.45) is 7.37. The molecular weight excluding hydrogens is 272 g/mol. The fraction of sp³-hybridized carbons (Fsp3) is 0.267. The van der Waals surface area contributed by atoms with Crippen LogP contribution in [0.25, 0.3) is 11.0 Å². The van der Waals surface area contributed by atoms with Crippen molar-refractivity contribution in [2.24, 2.45) is 5.73 Å². The fourth-order valence-corrected chi connectivity index (χ4v) is 2.67. The Bertz CT molecular complexity index is 712. The number of nitrogens with one attached hydrogen (secondary N) is 2. The number of fused-ring (bicyclic) bond motifs is 1. The monoisotopic (exact) mass is 288 g/mol. The highest BCUT2D eigenvalue weighted by molar-refractivity contribution is 6.30. The third kappa shape index (κ3) is 2.32. The fourth-order valence-electron chi connectivity index (χ4n) is 2.47. The van der Waals surface area contributed by atoms with Crippen molar-refractivity contribution in [3.63, 3.8) is 0 Å². The molecule has 2 aromatic rings. The topological polar surface area (TPSA) is 66.7 Å². The standard InChI is InChI=1S/C15H17ClN4/c1-9-12(7-17)19-15-11(6-13(16)20-14(9)15)18-8-10-4-2-3-5-10/h2-4,6,19H,5,7-8,17H2,1H3,(H,18,20). The minimum atomic E-state index is 0.467. The molecule has 0 fully saturated rings. The van der Waals surface area contributed by atoms with Crippen molar-refractivity contribution in [1.29, 1.82) is 0 Å². The predicted molar refractivity (Wildman–Crippen MR) is 84.1 cm³/mol. The molecule has 0 unspecified atom stereocenters. The Hall–Kier alpha value is -1.78. The lowest BCUT2D eigenvalue weighted by atomic mass is 10.2. The number of aromatic amines is 1. The van der Waals surface area contributed by atoms with Gasteiger partial charge in [-0.2, -0.15) is 0 Å². The molecule has 0 bridgehead atoms. The number of halogens is 1. The molecule has 0 saturated carbocycles. The number of rotatable bonds is 4. The summed E-state index contributed by atoms with van der Waals surface area (Å²) < 4.78 is 0. The Balaban J connectivity index is 1.96. The second kappa shape index (κ2) is 5.31. The maximum Gasteiger partial charge on any atom is 0.131 e. The third-order valence-corrected chi connectivity index (χ3v) is 3.82. The van der Waals surface area contributed by atoms with Crippen molar-refractivity contribution in [2.75, 3.05) is 11.9 Å². The SMILES string of the molecule is Cc1c(CN)[nH]c2c(NCC3=CC=CC3)cc(Cl)nc12. The number of pyridine rings is 1. The molecule has 4 nitrogen and oxygen atoms in total. The van der Waals surface area contributed by atoms with E-state index in [1.807, 2.05) is 13.0 Å². The van der Waals surface area contributed by atoms with Crippen molar-refractivity contribution < 1.29 is 0 Å². The van der Waals surface area contributed by atoms with Crippen LogP contribution in [0.3, 0.4) is 0 Å². The van der Waals surface area contributed by atoms with Gasteiger partial charge in [0.25, 0.3) is 0 Å². The van der Waals surface area contributed by atoms with Gasteiger partial charge in [-0.05, 0) is 24.5 Å². The third-order valence-electron chi connectivity index (χ3n) is 3.63. The molecule has 4 N–H and O–H groups in total. The van der Waals surface area contributed by atoms with Gasteiger partial charge in [0.2, 0.25) is 0 Å². The van der Waals surface area contributed by atoms with Gasteiger partial charge >= 0.3 is 0 Å². The molecule has 0 aromatic carbocycles. The van der Waals surface area contributed by atoms with Gasteiger partial charge in [0.1, 0.15) is 5.15 Å². The van der Waals surface area contributed by atoms with E-state index in [0.29, 0.717) is 11.7 Å². The number of hydrogen-bond donors (Lipinski definition) is 3. The van der Waals surface area contributed by atoms with Crippen LogP contribution in [0, 0.1) is 6.92 Å². The summed E-state index contributed by atoms with van der Waals surface area (Å²) in [6, 6.07) is 1.85. The van der Waals surface area contributed by atoms with Crippen LogP contribution in [-0.4, -0.2) is 16.5 Å². The number of aryl methyl sites for hydroxylation is 1. The smallest absolute Gasteiger partial charge is 0.131 e. The predicted octanol–water partition coefficient (Wildman–Crippen LogP) is 3.28. The zero-order chi connectivity index (χ0) is 14.1. The second-order valence-corrected chi connectivity index (χ2v) is 5.35. The van der Waals surface area contributed by atoms with Crippen LogP contribution in [0.5, 0.6) is 0 Å². The Kier molecular flexibility index (Phi) is 3.51. The van der Waals surface area contributed by atoms with Crippen molar-refractivity contribution in [1.82, 2.24) is 9.97 Å². The molecule has 0 radical (unpaired) electrons. The van der Waals surface area contributed by atoms with E-state index in [9.17, 15) is 0 Å². The number of nitrogens with zero attached hydrogens (tertiary/aromatic N) is 1. The first-order valence-electron chi connectivity index (χ1n) is 6.65. The van der Waals surface area contributed by atoms with Gasteiger partial charge in [-0.3, -0.25) is 0 Å². The Morgan fingerprint density at radius 2 is 2.35 bits per heavy atom. The maximum atomic E-state index is 6.12. The number of H-pyrrole nitrogens is 1. The summed E-state index contributed by atoms with van der Waals surface area (Å²) >= 11 is 6.12. The van der Waals surface area contributed by atoms with E-state index in [1.165, 1.54) is 5.57 Å². The van der Waals surface area contributed by atoms with E-state index in [0.717, 1.165) is 40.9 Å². The molecule has 3 rings (SSSR count). The van der Waals surface area contributed by atoms with Gasteiger partial charge in [0.05, 0.1) is 16.7 Å². The summed E-state index contributed by atoms with van der Waals surface area (Å²) in [7, 11) is 0. The van der Waals surface area contributed by atoms with Gasteiger partial charge in [-0.15, -0.1) is 0 Å². The zero-order valence-corrected chi connectivity index (χ0v) is 12.1. The molecule has 20 heavy (non-hydrogen) atoms. The summed E-state index contributed by atoms with van der Waals surface area (Å²) in [4.78, 5) is 7.74. The molecule has 2 heterocycles. The van der Waals surface area contributed by atoms with E-state index < -0.39 is 0 Å². The van der Waals surface area contributed by atoms with Crippen LogP contribution in [0.1, 0.15) is 17.7 Å². The summed E-state index contributed by atoms with van der Waals surface area (Å²) in [5.41, 5.74) is 12.0. The molecule has 0 saturated heterocycles. The number of nitrogens with two attached hydrogens (primary N) is 1. The number of allylic oxidation sites excluding steroid dienone is 3.